The van der Waals surface area contributed by atoms with Gasteiger partial charge in [0.1, 0.15) is 24.0 Å². The number of halogens is 4. The second-order valence-electron chi connectivity index (χ2n) is 9.20. The van der Waals surface area contributed by atoms with E-state index in [1.54, 1.807) is 36.0 Å². The lowest BCUT2D eigenvalue weighted by Gasteiger charge is -2.28. The van der Waals surface area contributed by atoms with Crippen LogP contribution in [-0.2, 0) is 11.0 Å². The molecule has 1 aromatic heterocycles. The van der Waals surface area contributed by atoms with Crippen molar-refractivity contribution < 1.29 is 27.2 Å². The lowest BCUT2D eigenvalue weighted by atomic mass is 9.84. The van der Waals surface area contributed by atoms with Gasteiger partial charge in [0.25, 0.3) is 5.91 Å². The predicted octanol–water partition coefficient (Wildman–Crippen LogP) is 5.49. The molecule has 0 bridgehead atoms. The smallest absolute Gasteiger partial charge is 0.360 e. The minimum absolute atomic E-state index is 0.0429. The highest BCUT2D eigenvalue weighted by Crippen LogP contribution is 2.38. The molecule has 0 saturated carbocycles. The maximum Gasteiger partial charge on any atom is 0.416 e. The van der Waals surface area contributed by atoms with Crippen LogP contribution in [0, 0.1) is 17.1 Å². The Morgan fingerprint density at radius 3 is 2.37 bits per heavy atom. The van der Waals surface area contributed by atoms with Crippen molar-refractivity contribution >= 4 is 18.0 Å². The summed E-state index contributed by atoms with van der Waals surface area (Å²) >= 11 is 0. The van der Waals surface area contributed by atoms with Crippen molar-refractivity contribution in [2.24, 2.45) is 0 Å². The molecule has 1 heterocycles. The quantitative estimate of drug-likeness (QED) is 0.215. The molecule has 0 aliphatic rings. The van der Waals surface area contributed by atoms with Gasteiger partial charge in [-0.05, 0) is 55.0 Å². The van der Waals surface area contributed by atoms with Crippen LogP contribution in [0.3, 0.4) is 0 Å². The topological polar surface area (TPSA) is 91.0 Å². The number of para-hydroxylation sites is 1. The molecule has 11 heteroatoms. The Morgan fingerprint density at radius 2 is 1.78 bits per heavy atom. The van der Waals surface area contributed by atoms with E-state index in [0.717, 1.165) is 12.1 Å². The van der Waals surface area contributed by atoms with Gasteiger partial charge >= 0.3 is 6.18 Å². The van der Waals surface area contributed by atoms with Crippen LogP contribution >= 0.6 is 0 Å². The molecule has 0 fully saturated rings. The standard InChI is InChI=1S/C30H25F4N5O2/c1-3-38(2)29-27(24(17-35)37-39(29)23-10-5-4-6-11-23)26(19-12-14-22(31)15-13-19)25(18-40)36-28(41)20-8-7-9-21(16-20)30(32,33)34/h4-16,18,25-26H,3H2,1-2H3,(H,36,41). The average molecular weight is 564 g/mol. The van der Waals surface area contributed by atoms with Gasteiger partial charge in [-0.3, -0.25) is 4.79 Å². The van der Waals surface area contributed by atoms with Gasteiger partial charge in [-0.15, -0.1) is 0 Å². The Labute approximate surface area is 233 Å². The Balaban J connectivity index is 1.90. The summed E-state index contributed by atoms with van der Waals surface area (Å²) in [6, 6.07) is 18.7. The van der Waals surface area contributed by atoms with Crippen LogP contribution < -0.4 is 10.2 Å². The van der Waals surface area contributed by atoms with Gasteiger partial charge < -0.3 is 15.0 Å². The summed E-state index contributed by atoms with van der Waals surface area (Å²) in [5, 5.41) is 17.2. The second-order valence-corrected chi connectivity index (χ2v) is 9.20. The van der Waals surface area contributed by atoms with Crippen LogP contribution in [-0.4, -0.2) is 41.6 Å². The van der Waals surface area contributed by atoms with Crippen molar-refractivity contribution in [3.8, 4) is 11.8 Å². The number of nitrogens with one attached hydrogen (secondary N) is 1. The number of amides is 1. The van der Waals surface area contributed by atoms with Crippen LogP contribution in [0.25, 0.3) is 5.69 Å². The fourth-order valence-corrected chi connectivity index (χ4v) is 4.55. The zero-order valence-corrected chi connectivity index (χ0v) is 22.1. The Kier molecular flexibility index (Phi) is 8.52. The van der Waals surface area contributed by atoms with Crippen molar-refractivity contribution in [3.05, 3.63) is 113 Å². The Hall–Kier alpha value is -4.98. The molecule has 0 aliphatic carbocycles. The van der Waals surface area contributed by atoms with Gasteiger partial charge in [0.2, 0.25) is 0 Å². The van der Waals surface area contributed by atoms with E-state index in [4.69, 9.17) is 0 Å². The fraction of sp³-hybridized carbons (Fsp3) is 0.200. The number of aldehydes is 1. The summed E-state index contributed by atoms with van der Waals surface area (Å²) in [6.07, 6.45) is -4.24. The van der Waals surface area contributed by atoms with Crippen molar-refractivity contribution in [2.45, 2.75) is 25.1 Å². The van der Waals surface area contributed by atoms with Gasteiger partial charge in [0.15, 0.2) is 5.69 Å². The molecule has 0 saturated heterocycles. The third kappa shape index (κ3) is 6.11. The molecule has 2 unspecified atom stereocenters. The highest BCUT2D eigenvalue weighted by molar-refractivity contribution is 5.96. The minimum Gasteiger partial charge on any atom is -0.360 e. The van der Waals surface area contributed by atoms with Crippen molar-refractivity contribution in [2.75, 3.05) is 18.5 Å². The number of hydrogen-bond acceptors (Lipinski definition) is 5. The number of benzene rings is 3. The normalized spacial score (nSPS) is 12.7. The summed E-state index contributed by atoms with van der Waals surface area (Å²) in [6.45, 7) is 2.34. The molecule has 7 nitrogen and oxygen atoms in total. The lowest BCUT2D eigenvalue weighted by molar-refractivity contribution is -0.137. The molecule has 2 atom stereocenters. The molecule has 4 rings (SSSR count). The molecular formula is C30H25F4N5O2. The number of anilines is 1. The third-order valence-electron chi connectivity index (χ3n) is 6.63. The monoisotopic (exact) mass is 563 g/mol. The number of nitrogens with zero attached hydrogens (tertiary/aromatic N) is 4. The fourth-order valence-electron chi connectivity index (χ4n) is 4.55. The molecule has 3 aromatic carbocycles. The highest BCUT2D eigenvalue weighted by atomic mass is 19.4. The summed E-state index contributed by atoms with van der Waals surface area (Å²) in [5.41, 5.74) is -0.0873. The van der Waals surface area contributed by atoms with E-state index in [-0.39, 0.29) is 16.8 Å². The van der Waals surface area contributed by atoms with Crippen molar-refractivity contribution in [1.82, 2.24) is 15.1 Å². The maximum absolute atomic E-state index is 13.9. The Morgan fingerprint density at radius 1 is 1.10 bits per heavy atom. The van der Waals surface area contributed by atoms with Crippen LogP contribution in [0.15, 0.2) is 78.9 Å². The molecule has 0 spiro atoms. The Bertz CT molecular complexity index is 1580. The summed E-state index contributed by atoms with van der Waals surface area (Å²) < 4.78 is 55.3. The highest BCUT2D eigenvalue weighted by Gasteiger charge is 2.36. The average Bonchev–Trinajstić information content (AvgIpc) is 3.36. The molecule has 0 aliphatic heterocycles. The van der Waals surface area contributed by atoms with Gasteiger partial charge in [-0.25, -0.2) is 9.07 Å². The number of rotatable bonds is 9. The first-order chi connectivity index (χ1) is 19.6. The summed E-state index contributed by atoms with van der Waals surface area (Å²) in [4.78, 5) is 27.6. The first-order valence-corrected chi connectivity index (χ1v) is 12.6. The van der Waals surface area contributed by atoms with Crippen LogP contribution in [0.5, 0.6) is 0 Å². The van der Waals surface area contributed by atoms with Crippen LogP contribution in [0.2, 0.25) is 0 Å². The number of aromatic nitrogens is 2. The largest absolute Gasteiger partial charge is 0.416 e. The lowest BCUT2D eigenvalue weighted by Crippen LogP contribution is -2.41. The van der Waals surface area contributed by atoms with Gasteiger partial charge in [-0.2, -0.15) is 23.5 Å². The molecule has 4 aromatic rings. The van der Waals surface area contributed by atoms with Crippen LogP contribution in [0.1, 0.15) is 45.6 Å². The van der Waals surface area contributed by atoms with E-state index in [9.17, 15) is 32.4 Å². The minimum atomic E-state index is -4.68. The van der Waals surface area contributed by atoms with Crippen molar-refractivity contribution in [3.63, 3.8) is 0 Å². The van der Waals surface area contributed by atoms with E-state index < -0.39 is 35.4 Å². The van der Waals surface area contributed by atoms with E-state index in [1.807, 2.05) is 17.9 Å². The van der Waals surface area contributed by atoms with Crippen molar-refractivity contribution in [1.29, 1.82) is 5.26 Å². The number of nitriles is 1. The third-order valence-corrected chi connectivity index (χ3v) is 6.63. The first kappa shape index (κ1) is 29.0. The molecule has 210 valence electrons. The van der Waals surface area contributed by atoms with E-state index in [0.29, 0.717) is 36.0 Å². The second kappa shape index (κ2) is 12.0. The van der Waals surface area contributed by atoms with Gasteiger partial charge in [0.05, 0.1) is 17.3 Å². The zero-order chi connectivity index (χ0) is 29.7. The van der Waals surface area contributed by atoms with Crippen LogP contribution in [0.4, 0.5) is 23.4 Å². The number of carbonyl (C=O) groups is 2. The van der Waals surface area contributed by atoms with Gasteiger partial charge in [0, 0.05) is 30.6 Å². The van der Waals surface area contributed by atoms with E-state index >= 15 is 0 Å². The molecule has 1 amide bonds. The van der Waals surface area contributed by atoms with Gasteiger partial charge in [-0.1, -0.05) is 36.4 Å². The summed E-state index contributed by atoms with van der Waals surface area (Å²) in [5.74, 6) is -2.09. The summed E-state index contributed by atoms with van der Waals surface area (Å²) in [7, 11) is 1.76. The molecular weight excluding hydrogens is 538 g/mol. The number of carbonyl (C=O) groups excluding carboxylic acids is 2. The molecule has 41 heavy (non-hydrogen) atoms. The van der Waals surface area contributed by atoms with E-state index in [1.165, 1.54) is 30.3 Å². The molecule has 1 N–H and O–H groups in total. The molecule has 0 radical (unpaired) electrons. The number of hydrogen-bond donors (Lipinski definition) is 1. The van der Waals surface area contributed by atoms with E-state index in [2.05, 4.69) is 16.5 Å². The maximum atomic E-state index is 13.9. The predicted molar refractivity (Wildman–Crippen MR) is 144 cm³/mol. The number of alkyl halides is 3. The SMILES string of the molecule is CCN(C)c1c(C(c2ccc(F)cc2)C(C=O)NC(=O)c2cccc(C(F)(F)F)c2)c(C#N)nn1-c1ccccc1. The first-order valence-electron chi connectivity index (χ1n) is 12.6. The zero-order valence-electron chi connectivity index (χ0n) is 22.1.